The Balaban J connectivity index is 2.65. The van der Waals surface area contributed by atoms with Gasteiger partial charge in [-0.25, -0.2) is 0 Å². The Hall–Kier alpha value is -1.61. The number of primary amides is 1. The van der Waals surface area contributed by atoms with Crippen molar-refractivity contribution in [1.82, 2.24) is 0 Å². The number of nitrogens with two attached hydrogens (primary N) is 1. The maximum atomic E-state index is 11.1. The largest absolute Gasteiger partial charge is 0.392 e. The highest BCUT2D eigenvalue weighted by molar-refractivity contribution is 5.77. The van der Waals surface area contributed by atoms with Gasteiger partial charge in [-0.05, 0) is 18.4 Å². The number of benzene rings is 1. The first kappa shape index (κ1) is 12.5. The first-order valence-corrected chi connectivity index (χ1v) is 5.27. The summed E-state index contributed by atoms with van der Waals surface area (Å²) in [7, 11) is 0. The molecule has 86 valence electrons. The summed E-state index contributed by atoms with van der Waals surface area (Å²) in [5.74, 6) is -1.04. The molecule has 1 rings (SSSR count). The molecule has 0 aliphatic carbocycles. The van der Waals surface area contributed by atoms with Gasteiger partial charge in [-0.2, -0.15) is 0 Å². The lowest BCUT2D eigenvalue weighted by Crippen LogP contribution is -2.34. The Kier molecular flexibility index (Phi) is 4.73. The van der Waals surface area contributed by atoms with Crippen LogP contribution < -0.4 is 5.73 Å². The standard InChI is InChI=1S/C13H17NO2/c1-2-6-11(13(14)16)12(15)9-10-7-4-3-5-8-10/h2-5,7-8,11-12,15H,1,6,9H2,(H2,14,16)/t11-,12-/m1/s1. The summed E-state index contributed by atoms with van der Waals surface area (Å²) in [5.41, 5.74) is 6.22. The van der Waals surface area contributed by atoms with Crippen LogP contribution in [0.25, 0.3) is 0 Å². The van der Waals surface area contributed by atoms with Crippen LogP contribution in [-0.2, 0) is 11.2 Å². The first-order chi connectivity index (χ1) is 7.65. The van der Waals surface area contributed by atoms with Gasteiger partial charge in [0.2, 0.25) is 5.91 Å². The van der Waals surface area contributed by atoms with Crippen molar-refractivity contribution < 1.29 is 9.90 Å². The van der Waals surface area contributed by atoms with E-state index in [9.17, 15) is 9.90 Å². The third-order valence-corrected chi connectivity index (χ3v) is 2.54. The second-order valence-corrected chi connectivity index (χ2v) is 3.79. The van der Waals surface area contributed by atoms with E-state index in [1.807, 2.05) is 30.3 Å². The number of amides is 1. The van der Waals surface area contributed by atoms with Crippen LogP contribution in [0.1, 0.15) is 12.0 Å². The quantitative estimate of drug-likeness (QED) is 0.708. The van der Waals surface area contributed by atoms with Crippen LogP contribution in [0.3, 0.4) is 0 Å². The average Bonchev–Trinajstić information content (AvgIpc) is 2.26. The van der Waals surface area contributed by atoms with Crippen molar-refractivity contribution in [2.45, 2.75) is 18.9 Å². The van der Waals surface area contributed by atoms with Crippen molar-refractivity contribution in [2.24, 2.45) is 11.7 Å². The highest BCUT2D eigenvalue weighted by atomic mass is 16.3. The van der Waals surface area contributed by atoms with Crippen LogP contribution in [0.5, 0.6) is 0 Å². The van der Waals surface area contributed by atoms with Gasteiger partial charge in [0.05, 0.1) is 12.0 Å². The molecular formula is C13H17NO2. The van der Waals surface area contributed by atoms with Crippen LogP contribution in [0, 0.1) is 5.92 Å². The van der Waals surface area contributed by atoms with Gasteiger partial charge >= 0.3 is 0 Å². The van der Waals surface area contributed by atoms with Crippen LogP contribution >= 0.6 is 0 Å². The van der Waals surface area contributed by atoms with Gasteiger partial charge in [0.25, 0.3) is 0 Å². The molecule has 0 aliphatic rings. The summed E-state index contributed by atoms with van der Waals surface area (Å²) in [4.78, 5) is 11.1. The van der Waals surface area contributed by atoms with Crippen LogP contribution in [-0.4, -0.2) is 17.1 Å². The van der Waals surface area contributed by atoms with Crippen molar-refractivity contribution in [3.05, 3.63) is 48.6 Å². The molecular weight excluding hydrogens is 202 g/mol. The Labute approximate surface area is 95.6 Å². The van der Waals surface area contributed by atoms with E-state index in [0.717, 1.165) is 5.56 Å². The summed E-state index contributed by atoms with van der Waals surface area (Å²) < 4.78 is 0. The van der Waals surface area contributed by atoms with Crippen molar-refractivity contribution in [2.75, 3.05) is 0 Å². The fourth-order valence-corrected chi connectivity index (χ4v) is 1.64. The van der Waals surface area contributed by atoms with Gasteiger partial charge in [0, 0.05) is 0 Å². The predicted molar refractivity (Wildman–Crippen MR) is 63.7 cm³/mol. The molecule has 0 saturated carbocycles. The summed E-state index contributed by atoms with van der Waals surface area (Å²) in [6.45, 7) is 3.55. The van der Waals surface area contributed by atoms with Crippen LogP contribution in [0.2, 0.25) is 0 Å². The molecule has 0 aliphatic heterocycles. The van der Waals surface area contributed by atoms with Gasteiger partial charge < -0.3 is 10.8 Å². The third kappa shape index (κ3) is 3.51. The zero-order valence-electron chi connectivity index (χ0n) is 9.17. The van der Waals surface area contributed by atoms with Crippen LogP contribution in [0.15, 0.2) is 43.0 Å². The van der Waals surface area contributed by atoms with Gasteiger partial charge in [-0.1, -0.05) is 36.4 Å². The molecule has 0 fully saturated rings. The van der Waals surface area contributed by atoms with E-state index in [1.54, 1.807) is 6.08 Å². The van der Waals surface area contributed by atoms with E-state index in [-0.39, 0.29) is 0 Å². The monoisotopic (exact) mass is 219 g/mol. The number of rotatable bonds is 6. The normalized spacial score (nSPS) is 14.1. The van der Waals surface area contributed by atoms with E-state index < -0.39 is 17.9 Å². The van der Waals surface area contributed by atoms with E-state index in [1.165, 1.54) is 0 Å². The number of aliphatic hydroxyl groups excluding tert-OH is 1. The fourth-order valence-electron chi connectivity index (χ4n) is 1.64. The molecule has 0 spiro atoms. The Bertz CT molecular complexity index is 348. The van der Waals surface area contributed by atoms with E-state index in [0.29, 0.717) is 12.8 Å². The number of hydrogen-bond acceptors (Lipinski definition) is 2. The topological polar surface area (TPSA) is 63.3 Å². The van der Waals surface area contributed by atoms with Gasteiger partial charge in [0.1, 0.15) is 0 Å². The summed E-state index contributed by atoms with van der Waals surface area (Å²) in [5, 5.41) is 9.92. The number of hydrogen-bond donors (Lipinski definition) is 2. The summed E-state index contributed by atoms with van der Waals surface area (Å²) >= 11 is 0. The fraction of sp³-hybridized carbons (Fsp3) is 0.308. The molecule has 0 saturated heterocycles. The van der Waals surface area contributed by atoms with E-state index >= 15 is 0 Å². The van der Waals surface area contributed by atoms with Gasteiger partial charge in [0.15, 0.2) is 0 Å². The van der Waals surface area contributed by atoms with Crippen molar-refractivity contribution in [3.8, 4) is 0 Å². The molecule has 1 amide bonds. The smallest absolute Gasteiger partial charge is 0.223 e. The summed E-state index contributed by atoms with van der Waals surface area (Å²) in [6.07, 6.45) is 1.69. The van der Waals surface area contributed by atoms with Crippen LogP contribution in [0.4, 0.5) is 0 Å². The zero-order valence-corrected chi connectivity index (χ0v) is 9.17. The minimum Gasteiger partial charge on any atom is -0.392 e. The van der Waals surface area contributed by atoms with Gasteiger partial charge in [-0.15, -0.1) is 6.58 Å². The minimum absolute atomic E-state index is 0.406. The molecule has 1 aromatic carbocycles. The predicted octanol–water partition coefficient (Wildman–Crippen LogP) is 1.27. The lowest BCUT2D eigenvalue weighted by Gasteiger charge is -2.18. The molecule has 0 heterocycles. The van der Waals surface area contributed by atoms with E-state index in [4.69, 9.17) is 5.73 Å². The molecule has 1 aromatic rings. The highest BCUT2D eigenvalue weighted by Crippen LogP contribution is 2.14. The number of allylic oxidation sites excluding steroid dienone is 1. The Morgan fingerprint density at radius 1 is 1.44 bits per heavy atom. The minimum atomic E-state index is -0.752. The molecule has 0 radical (unpaired) electrons. The molecule has 0 bridgehead atoms. The molecule has 16 heavy (non-hydrogen) atoms. The molecule has 3 heteroatoms. The average molecular weight is 219 g/mol. The number of carbonyl (C=O) groups excluding carboxylic acids is 1. The molecule has 3 N–H and O–H groups in total. The Morgan fingerprint density at radius 2 is 2.06 bits per heavy atom. The molecule has 0 unspecified atom stereocenters. The lowest BCUT2D eigenvalue weighted by molar-refractivity contribution is -0.125. The SMILES string of the molecule is C=CC[C@@H](C(N)=O)[C@H](O)Cc1ccccc1. The zero-order chi connectivity index (χ0) is 12.0. The second kappa shape index (κ2) is 6.08. The maximum Gasteiger partial charge on any atom is 0.223 e. The number of aliphatic hydroxyl groups is 1. The molecule has 2 atom stereocenters. The maximum absolute atomic E-state index is 11.1. The van der Waals surface area contributed by atoms with E-state index in [2.05, 4.69) is 6.58 Å². The lowest BCUT2D eigenvalue weighted by atomic mass is 9.93. The van der Waals surface area contributed by atoms with Crippen molar-refractivity contribution in [3.63, 3.8) is 0 Å². The second-order valence-electron chi connectivity index (χ2n) is 3.79. The van der Waals surface area contributed by atoms with Gasteiger partial charge in [-0.3, -0.25) is 4.79 Å². The first-order valence-electron chi connectivity index (χ1n) is 5.27. The molecule has 0 aromatic heterocycles. The number of carbonyl (C=O) groups is 1. The molecule has 3 nitrogen and oxygen atoms in total. The Morgan fingerprint density at radius 3 is 2.56 bits per heavy atom. The van der Waals surface area contributed by atoms with Crippen molar-refractivity contribution >= 4 is 5.91 Å². The highest BCUT2D eigenvalue weighted by Gasteiger charge is 2.23. The van der Waals surface area contributed by atoms with Crippen molar-refractivity contribution in [1.29, 1.82) is 0 Å². The summed E-state index contributed by atoms with van der Waals surface area (Å²) in [6, 6.07) is 9.53. The third-order valence-electron chi connectivity index (χ3n) is 2.54.